The van der Waals surface area contributed by atoms with Gasteiger partial charge in [0.1, 0.15) is 11.9 Å². The van der Waals surface area contributed by atoms with E-state index in [2.05, 4.69) is 14.9 Å². The Morgan fingerprint density at radius 2 is 2.00 bits per heavy atom. The number of fused-ring (bicyclic) bond motifs is 1. The molecular formula is C20H24N4O2. The lowest BCUT2D eigenvalue weighted by molar-refractivity contribution is 0.0493. The van der Waals surface area contributed by atoms with E-state index in [1.165, 1.54) is 0 Å². The molecule has 0 amide bonds. The fourth-order valence-electron chi connectivity index (χ4n) is 3.94. The van der Waals surface area contributed by atoms with Gasteiger partial charge in [0.25, 0.3) is 5.56 Å². The van der Waals surface area contributed by atoms with Crippen molar-refractivity contribution in [2.24, 2.45) is 13.0 Å². The molecule has 0 aliphatic carbocycles. The predicted octanol–water partition coefficient (Wildman–Crippen LogP) is 2.21. The number of pyridine rings is 1. The number of aliphatic hydroxyl groups is 1. The molecule has 1 aliphatic rings. The van der Waals surface area contributed by atoms with Crippen LogP contribution in [0.4, 0.5) is 0 Å². The van der Waals surface area contributed by atoms with Crippen LogP contribution in [0.5, 0.6) is 0 Å². The number of rotatable bonds is 4. The van der Waals surface area contributed by atoms with Crippen molar-refractivity contribution in [3.05, 3.63) is 64.6 Å². The molecule has 0 saturated carbocycles. The van der Waals surface area contributed by atoms with Crippen LogP contribution in [0.3, 0.4) is 0 Å². The third kappa shape index (κ3) is 3.18. The van der Waals surface area contributed by atoms with Gasteiger partial charge in [-0.05, 0) is 48.9 Å². The summed E-state index contributed by atoms with van der Waals surface area (Å²) in [5.41, 5.74) is 1.10. The average Bonchev–Trinajstić information content (AvgIpc) is 3.10. The molecule has 2 N–H and O–H groups in total. The van der Waals surface area contributed by atoms with Gasteiger partial charge in [-0.2, -0.15) is 0 Å². The number of hydrogen-bond donors (Lipinski definition) is 2. The van der Waals surface area contributed by atoms with E-state index < -0.39 is 6.10 Å². The monoisotopic (exact) mass is 352 g/mol. The van der Waals surface area contributed by atoms with Gasteiger partial charge in [-0.15, -0.1) is 0 Å². The van der Waals surface area contributed by atoms with Crippen molar-refractivity contribution in [2.75, 3.05) is 13.1 Å². The number of piperidine rings is 1. The summed E-state index contributed by atoms with van der Waals surface area (Å²) in [4.78, 5) is 21.5. The maximum absolute atomic E-state index is 12.0. The fraction of sp³-hybridized carbons (Fsp3) is 0.400. The molecule has 3 aromatic rings. The van der Waals surface area contributed by atoms with Crippen molar-refractivity contribution < 1.29 is 5.11 Å². The molecule has 0 spiro atoms. The zero-order chi connectivity index (χ0) is 18.1. The second kappa shape index (κ2) is 7.05. The molecule has 26 heavy (non-hydrogen) atoms. The van der Waals surface area contributed by atoms with E-state index in [0.29, 0.717) is 0 Å². The van der Waals surface area contributed by atoms with Gasteiger partial charge in [0, 0.05) is 37.6 Å². The zero-order valence-corrected chi connectivity index (χ0v) is 14.9. The molecule has 0 bridgehead atoms. The van der Waals surface area contributed by atoms with Crippen molar-refractivity contribution in [2.45, 2.75) is 25.5 Å². The maximum Gasteiger partial charge on any atom is 0.255 e. The molecule has 1 saturated heterocycles. The van der Waals surface area contributed by atoms with Crippen molar-refractivity contribution in [1.29, 1.82) is 0 Å². The Hall–Kier alpha value is -2.44. The van der Waals surface area contributed by atoms with Crippen LogP contribution in [0.2, 0.25) is 0 Å². The first-order chi connectivity index (χ1) is 12.6. The number of benzene rings is 1. The molecule has 136 valence electrons. The van der Waals surface area contributed by atoms with Crippen LogP contribution >= 0.6 is 0 Å². The van der Waals surface area contributed by atoms with Crippen LogP contribution in [-0.4, -0.2) is 37.6 Å². The summed E-state index contributed by atoms with van der Waals surface area (Å²) in [5, 5.41) is 12.4. The summed E-state index contributed by atoms with van der Waals surface area (Å²) in [6.07, 6.45) is 6.81. The van der Waals surface area contributed by atoms with Gasteiger partial charge in [0.2, 0.25) is 0 Å². The number of aromatic nitrogens is 3. The van der Waals surface area contributed by atoms with Crippen molar-refractivity contribution in [1.82, 2.24) is 19.4 Å². The number of aromatic amines is 1. The molecule has 6 nitrogen and oxygen atoms in total. The van der Waals surface area contributed by atoms with Crippen LogP contribution in [0.1, 0.15) is 30.3 Å². The van der Waals surface area contributed by atoms with Gasteiger partial charge in [-0.3, -0.25) is 9.69 Å². The molecule has 1 fully saturated rings. The number of aliphatic hydroxyl groups excluding tert-OH is 1. The molecule has 1 aliphatic heterocycles. The van der Waals surface area contributed by atoms with Gasteiger partial charge in [-0.1, -0.05) is 18.2 Å². The van der Waals surface area contributed by atoms with E-state index in [9.17, 15) is 9.90 Å². The highest BCUT2D eigenvalue weighted by molar-refractivity contribution is 5.84. The van der Waals surface area contributed by atoms with Gasteiger partial charge in [-0.25, -0.2) is 4.98 Å². The summed E-state index contributed by atoms with van der Waals surface area (Å²) in [6, 6.07) is 7.75. The number of aryl methyl sites for hydroxylation is 1. The molecule has 3 heterocycles. The Kier molecular flexibility index (Phi) is 4.61. The summed E-state index contributed by atoms with van der Waals surface area (Å²) in [7, 11) is 1.92. The van der Waals surface area contributed by atoms with Crippen LogP contribution in [-0.2, 0) is 13.6 Å². The molecule has 1 atom stereocenters. The summed E-state index contributed by atoms with van der Waals surface area (Å²) < 4.78 is 1.89. The van der Waals surface area contributed by atoms with Crippen LogP contribution in [0.25, 0.3) is 10.8 Å². The Morgan fingerprint density at radius 1 is 1.27 bits per heavy atom. The number of imidazole rings is 1. The number of likely N-dealkylation sites (tertiary alicyclic amines) is 1. The first-order valence-corrected chi connectivity index (χ1v) is 9.10. The van der Waals surface area contributed by atoms with Crippen molar-refractivity contribution in [3.63, 3.8) is 0 Å². The minimum atomic E-state index is -0.508. The Morgan fingerprint density at radius 3 is 2.69 bits per heavy atom. The number of hydrogen-bond acceptors (Lipinski definition) is 4. The Balaban J connectivity index is 1.44. The van der Waals surface area contributed by atoms with Gasteiger partial charge < -0.3 is 14.7 Å². The summed E-state index contributed by atoms with van der Waals surface area (Å²) in [5.74, 6) is 0.981. The molecule has 0 radical (unpaired) electrons. The average molecular weight is 352 g/mol. The van der Waals surface area contributed by atoms with Gasteiger partial charge in [0.05, 0.1) is 0 Å². The smallest absolute Gasteiger partial charge is 0.255 e. The predicted molar refractivity (Wildman–Crippen MR) is 101 cm³/mol. The Bertz CT molecular complexity index is 954. The molecule has 4 rings (SSSR count). The standard InChI is InChI=1S/C20H24N4O2/c1-23-11-8-21-19(23)18(25)14-6-9-24(10-7-14)13-15-12-22-20(26)17-5-3-2-4-16(15)17/h2-5,8,11-12,14,18,25H,6-7,9-10,13H2,1H3,(H,22,26). The minimum Gasteiger partial charge on any atom is -0.385 e. The molecular weight excluding hydrogens is 328 g/mol. The first-order valence-electron chi connectivity index (χ1n) is 9.10. The highest BCUT2D eigenvalue weighted by Crippen LogP contribution is 2.30. The minimum absolute atomic E-state index is 0.0405. The largest absolute Gasteiger partial charge is 0.385 e. The lowest BCUT2D eigenvalue weighted by atomic mass is 9.90. The van der Waals surface area contributed by atoms with E-state index in [1.54, 1.807) is 6.20 Å². The summed E-state index contributed by atoms with van der Waals surface area (Å²) >= 11 is 0. The molecule has 2 aromatic heterocycles. The molecule has 1 aromatic carbocycles. The molecule has 1 unspecified atom stereocenters. The first kappa shape index (κ1) is 17.0. The van der Waals surface area contributed by atoms with Crippen LogP contribution in [0.15, 0.2) is 47.7 Å². The van der Waals surface area contributed by atoms with Crippen molar-refractivity contribution in [3.8, 4) is 0 Å². The number of nitrogens with one attached hydrogen (secondary N) is 1. The summed E-state index contributed by atoms with van der Waals surface area (Å²) in [6.45, 7) is 2.67. The van der Waals surface area contributed by atoms with E-state index in [0.717, 1.165) is 54.6 Å². The topological polar surface area (TPSA) is 74.2 Å². The third-order valence-electron chi connectivity index (χ3n) is 5.49. The lowest BCUT2D eigenvalue weighted by Crippen LogP contribution is -2.35. The second-order valence-electron chi connectivity index (χ2n) is 7.14. The number of H-pyrrole nitrogens is 1. The second-order valence-corrected chi connectivity index (χ2v) is 7.14. The third-order valence-corrected chi connectivity index (χ3v) is 5.49. The highest BCUT2D eigenvalue weighted by atomic mass is 16.3. The van der Waals surface area contributed by atoms with Crippen molar-refractivity contribution >= 4 is 10.8 Å². The zero-order valence-electron chi connectivity index (χ0n) is 14.9. The number of nitrogens with zero attached hydrogens (tertiary/aromatic N) is 3. The van der Waals surface area contributed by atoms with Crippen LogP contribution < -0.4 is 5.56 Å². The van der Waals surface area contributed by atoms with E-state index in [1.807, 2.05) is 48.3 Å². The molecule has 6 heteroatoms. The Labute approximate surface area is 152 Å². The lowest BCUT2D eigenvalue weighted by Gasteiger charge is -2.34. The van der Waals surface area contributed by atoms with E-state index in [4.69, 9.17) is 0 Å². The van der Waals surface area contributed by atoms with Gasteiger partial charge >= 0.3 is 0 Å². The van der Waals surface area contributed by atoms with Crippen LogP contribution in [0, 0.1) is 5.92 Å². The quantitative estimate of drug-likeness (QED) is 0.755. The SMILES string of the molecule is Cn1ccnc1C(O)C1CCN(Cc2c[nH]c(=O)c3ccccc23)CC1. The normalized spacial score (nSPS) is 17.6. The highest BCUT2D eigenvalue weighted by Gasteiger charge is 2.28. The van der Waals surface area contributed by atoms with E-state index >= 15 is 0 Å². The van der Waals surface area contributed by atoms with E-state index in [-0.39, 0.29) is 11.5 Å². The van der Waals surface area contributed by atoms with Gasteiger partial charge in [0.15, 0.2) is 0 Å². The maximum atomic E-state index is 12.0. The fourth-order valence-corrected chi connectivity index (χ4v) is 3.94.